The molecule has 0 aliphatic heterocycles. The van der Waals surface area contributed by atoms with Crippen molar-refractivity contribution in [1.29, 1.82) is 0 Å². The second kappa shape index (κ2) is 11.8. The molecule has 0 aliphatic carbocycles. The van der Waals surface area contributed by atoms with E-state index in [-0.39, 0.29) is 18.0 Å². The molecule has 1 N–H and O–H groups in total. The number of rotatable bonds is 9. The summed E-state index contributed by atoms with van der Waals surface area (Å²) in [6.07, 6.45) is 0. The molecule has 0 spiro atoms. The summed E-state index contributed by atoms with van der Waals surface area (Å²) in [6, 6.07) is 30.8. The maximum atomic E-state index is 13.5. The van der Waals surface area contributed by atoms with Crippen LogP contribution in [0.1, 0.15) is 11.1 Å². The highest BCUT2D eigenvalue weighted by atomic mass is 35.5. The summed E-state index contributed by atoms with van der Waals surface area (Å²) < 4.78 is 28.2. The minimum atomic E-state index is -3.97. The molecular weight excluding hydrogens is 512 g/mol. The number of benzene rings is 4. The van der Waals surface area contributed by atoms with Crippen LogP contribution >= 0.6 is 23.4 Å². The highest BCUT2D eigenvalue weighted by molar-refractivity contribution is 7.99. The summed E-state index contributed by atoms with van der Waals surface area (Å²) >= 11 is 7.49. The van der Waals surface area contributed by atoms with Crippen molar-refractivity contribution in [2.24, 2.45) is 0 Å². The molecule has 0 aromatic heterocycles. The Morgan fingerprint density at radius 1 is 0.889 bits per heavy atom. The molecule has 0 bridgehead atoms. The number of nitrogens with one attached hydrogen (secondary N) is 1. The van der Waals surface area contributed by atoms with Crippen LogP contribution in [-0.4, -0.2) is 25.2 Å². The number of carbonyl (C=O) groups is 1. The van der Waals surface area contributed by atoms with E-state index in [1.54, 1.807) is 0 Å². The lowest BCUT2D eigenvalue weighted by Gasteiger charge is -2.22. The fraction of sp³-hybridized carbons (Fsp3) is 0.107. The van der Waals surface area contributed by atoms with Crippen molar-refractivity contribution < 1.29 is 13.2 Å². The van der Waals surface area contributed by atoms with Crippen molar-refractivity contribution in [3.05, 3.63) is 119 Å². The topological polar surface area (TPSA) is 66.5 Å². The molecule has 0 saturated heterocycles. The van der Waals surface area contributed by atoms with Crippen LogP contribution < -0.4 is 5.32 Å². The van der Waals surface area contributed by atoms with Gasteiger partial charge in [0, 0.05) is 21.4 Å². The number of hydrogen-bond acceptors (Lipinski definition) is 4. The summed E-state index contributed by atoms with van der Waals surface area (Å²) in [5.41, 5.74) is 2.42. The fourth-order valence-electron chi connectivity index (χ4n) is 3.62. The number of para-hydroxylation sites is 1. The molecule has 4 aromatic carbocycles. The Morgan fingerprint density at radius 3 is 2.31 bits per heavy atom. The molecule has 1 amide bonds. The van der Waals surface area contributed by atoms with E-state index in [1.807, 2.05) is 85.8 Å². The lowest BCUT2D eigenvalue weighted by molar-refractivity contribution is -0.116. The molecule has 4 rings (SSSR count). The molecular formula is C28H25ClN2O3S2. The van der Waals surface area contributed by atoms with Gasteiger partial charge in [0.05, 0.1) is 17.1 Å². The number of anilines is 1. The molecule has 184 valence electrons. The zero-order chi connectivity index (χ0) is 25.5. The maximum absolute atomic E-state index is 13.5. The van der Waals surface area contributed by atoms with Crippen LogP contribution in [0.3, 0.4) is 0 Å². The van der Waals surface area contributed by atoms with E-state index in [9.17, 15) is 13.2 Å². The highest BCUT2D eigenvalue weighted by Gasteiger charge is 2.27. The number of carbonyl (C=O) groups excluding carboxylic acids is 1. The first-order valence-corrected chi connectivity index (χ1v) is 13.9. The van der Waals surface area contributed by atoms with Gasteiger partial charge in [0.2, 0.25) is 15.9 Å². The third-order valence-corrected chi connectivity index (χ3v) is 8.49. The van der Waals surface area contributed by atoms with Gasteiger partial charge in [-0.25, -0.2) is 8.42 Å². The van der Waals surface area contributed by atoms with Gasteiger partial charge in [0.1, 0.15) is 0 Å². The average molecular weight is 537 g/mol. The maximum Gasteiger partial charge on any atom is 0.243 e. The second-order valence-electron chi connectivity index (χ2n) is 8.18. The van der Waals surface area contributed by atoms with Crippen LogP contribution in [0, 0.1) is 6.92 Å². The zero-order valence-electron chi connectivity index (χ0n) is 19.6. The van der Waals surface area contributed by atoms with Gasteiger partial charge in [-0.05, 0) is 61.0 Å². The predicted octanol–water partition coefficient (Wildman–Crippen LogP) is 6.63. The SMILES string of the molecule is Cc1cccc(CN(CC(=O)Nc2ccccc2Sc2ccccc2)S(=O)(=O)c2ccc(Cl)cc2)c1. The van der Waals surface area contributed by atoms with Gasteiger partial charge < -0.3 is 5.32 Å². The van der Waals surface area contributed by atoms with Crippen LogP contribution in [0.25, 0.3) is 0 Å². The van der Waals surface area contributed by atoms with Crippen molar-refractivity contribution in [2.75, 3.05) is 11.9 Å². The van der Waals surface area contributed by atoms with Crippen LogP contribution in [0.4, 0.5) is 5.69 Å². The minimum Gasteiger partial charge on any atom is -0.324 e. The lowest BCUT2D eigenvalue weighted by Crippen LogP contribution is -2.37. The smallest absolute Gasteiger partial charge is 0.243 e. The Morgan fingerprint density at radius 2 is 1.58 bits per heavy atom. The fourth-order valence-corrected chi connectivity index (χ4v) is 6.05. The largest absolute Gasteiger partial charge is 0.324 e. The predicted molar refractivity (Wildman–Crippen MR) is 146 cm³/mol. The van der Waals surface area contributed by atoms with Crippen LogP contribution in [0.2, 0.25) is 5.02 Å². The Balaban J connectivity index is 1.58. The van der Waals surface area contributed by atoms with Gasteiger partial charge >= 0.3 is 0 Å². The highest BCUT2D eigenvalue weighted by Crippen LogP contribution is 2.33. The summed E-state index contributed by atoms with van der Waals surface area (Å²) in [6.45, 7) is 1.65. The first kappa shape index (κ1) is 26.0. The quantitative estimate of drug-likeness (QED) is 0.261. The molecule has 0 aliphatic rings. The first-order chi connectivity index (χ1) is 17.3. The molecule has 0 atom stereocenters. The minimum absolute atomic E-state index is 0.0560. The number of nitrogens with zero attached hydrogens (tertiary/aromatic N) is 1. The van der Waals surface area contributed by atoms with Crippen molar-refractivity contribution in [3.8, 4) is 0 Å². The summed E-state index contributed by atoms with van der Waals surface area (Å²) in [4.78, 5) is 15.1. The molecule has 0 saturated carbocycles. The monoisotopic (exact) mass is 536 g/mol. The van der Waals surface area contributed by atoms with E-state index in [2.05, 4.69) is 5.32 Å². The van der Waals surface area contributed by atoms with E-state index in [1.165, 1.54) is 40.3 Å². The number of amides is 1. The summed E-state index contributed by atoms with van der Waals surface area (Å²) in [5, 5.41) is 3.34. The van der Waals surface area contributed by atoms with Gasteiger partial charge in [-0.1, -0.05) is 83.5 Å². The van der Waals surface area contributed by atoms with Gasteiger partial charge in [0.25, 0.3) is 0 Å². The van der Waals surface area contributed by atoms with E-state index < -0.39 is 15.9 Å². The van der Waals surface area contributed by atoms with Crippen molar-refractivity contribution >= 4 is 45.0 Å². The number of hydrogen-bond donors (Lipinski definition) is 1. The van der Waals surface area contributed by atoms with Crippen molar-refractivity contribution in [3.63, 3.8) is 0 Å². The normalized spacial score (nSPS) is 11.4. The van der Waals surface area contributed by atoms with E-state index in [0.717, 1.165) is 20.9 Å². The molecule has 0 fully saturated rings. The Labute approximate surface area is 221 Å². The van der Waals surface area contributed by atoms with Gasteiger partial charge in [-0.15, -0.1) is 0 Å². The Bertz CT molecular complexity index is 1440. The molecule has 0 radical (unpaired) electrons. The van der Waals surface area contributed by atoms with Gasteiger partial charge in [0.15, 0.2) is 0 Å². The Hall–Kier alpha value is -3.10. The average Bonchev–Trinajstić information content (AvgIpc) is 2.86. The van der Waals surface area contributed by atoms with E-state index in [0.29, 0.717) is 10.7 Å². The van der Waals surface area contributed by atoms with Crippen LogP contribution in [0.15, 0.2) is 118 Å². The number of aryl methyl sites for hydroxylation is 1. The molecule has 4 aromatic rings. The van der Waals surface area contributed by atoms with Crippen molar-refractivity contribution in [1.82, 2.24) is 4.31 Å². The summed E-state index contributed by atoms with van der Waals surface area (Å²) in [7, 11) is -3.97. The number of sulfonamides is 1. The molecule has 5 nitrogen and oxygen atoms in total. The summed E-state index contributed by atoms with van der Waals surface area (Å²) in [5.74, 6) is -0.429. The second-order valence-corrected chi connectivity index (χ2v) is 11.7. The van der Waals surface area contributed by atoms with E-state index in [4.69, 9.17) is 11.6 Å². The lowest BCUT2D eigenvalue weighted by atomic mass is 10.1. The molecule has 0 heterocycles. The zero-order valence-corrected chi connectivity index (χ0v) is 22.0. The van der Waals surface area contributed by atoms with Crippen LogP contribution in [-0.2, 0) is 21.4 Å². The van der Waals surface area contributed by atoms with E-state index >= 15 is 0 Å². The first-order valence-electron chi connectivity index (χ1n) is 11.2. The van der Waals surface area contributed by atoms with Crippen molar-refractivity contribution in [2.45, 2.75) is 28.2 Å². The third kappa shape index (κ3) is 6.77. The molecule has 36 heavy (non-hydrogen) atoms. The standard InChI is InChI=1S/C28H25ClN2O3S2/c1-21-8-7-9-22(18-21)19-31(36(33,34)25-16-14-23(29)15-17-25)20-28(32)30-26-12-5-6-13-27(26)35-24-10-3-2-4-11-24/h2-18H,19-20H2,1H3,(H,30,32). The Kier molecular flexibility index (Phi) is 8.48. The molecule has 8 heteroatoms. The third-order valence-electron chi connectivity index (χ3n) is 5.34. The van der Waals surface area contributed by atoms with Gasteiger partial charge in [-0.2, -0.15) is 4.31 Å². The van der Waals surface area contributed by atoms with Crippen LogP contribution in [0.5, 0.6) is 0 Å². The van der Waals surface area contributed by atoms with Gasteiger partial charge in [-0.3, -0.25) is 4.79 Å². The molecule has 0 unspecified atom stereocenters. The number of halogens is 1.